The smallest absolute Gasteiger partial charge is 0.322 e. The molecule has 0 rings (SSSR count). The quantitative estimate of drug-likeness (QED) is 0.410. The zero-order valence-electron chi connectivity index (χ0n) is 7.86. The molecule has 0 amide bonds. The highest BCUT2D eigenvalue weighted by Crippen LogP contribution is 1.92. The molecule has 0 fully saturated rings. The minimum Gasteiger partial charge on any atom is -0.464 e. The molecular formula is C8H17NO4. The Morgan fingerprint density at radius 2 is 2.23 bits per heavy atom. The number of carbonyl (C=O) groups excluding carboxylic acids is 1. The highest BCUT2D eigenvalue weighted by molar-refractivity contribution is 5.75. The van der Waals surface area contributed by atoms with Gasteiger partial charge in [-0.3, -0.25) is 4.79 Å². The summed E-state index contributed by atoms with van der Waals surface area (Å²) in [6, 6.07) is -0.715. The third kappa shape index (κ3) is 6.51. The van der Waals surface area contributed by atoms with Crippen LogP contribution < -0.4 is 5.73 Å². The van der Waals surface area contributed by atoms with Crippen LogP contribution in [0.1, 0.15) is 12.8 Å². The molecule has 0 aliphatic carbocycles. The molecule has 0 saturated heterocycles. The van der Waals surface area contributed by atoms with Gasteiger partial charge in [-0.25, -0.2) is 0 Å². The second-order valence-corrected chi connectivity index (χ2v) is 2.63. The molecule has 3 N–H and O–H groups in total. The summed E-state index contributed by atoms with van der Waals surface area (Å²) in [5.74, 6) is -0.467. The van der Waals surface area contributed by atoms with Gasteiger partial charge >= 0.3 is 5.97 Å². The van der Waals surface area contributed by atoms with Gasteiger partial charge in [0.2, 0.25) is 0 Å². The summed E-state index contributed by atoms with van der Waals surface area (Å²) in [6.45, 7) is 0.767. The van der Waals surface area contributed by atoms with Crippen LogP contribution in [0.2, 0.25) is 0 Å². The first-order chi connectivity index (χ1) is 6.22. The lowest BCUT2D eigenvalue weighted by Gasteiger charge is -2.09. The van der Waals surface area contributed by atoms with Gasteiger partial charge in [0.05, 0.1) is 6.61 Å². The number of hydrogen-bond donors (Lipinski definition) is 2. The fourth-order valence-electron chi connectivity index (χ4n) is 0.740. The molecule has 0 aliphatic rings. The van der Waals surface area contributed by atoms with Crippen molar-refractivity contribution < 1.29 is 19.4 Å². The van der Waals surface area contributed by atoms with E-state index in [-0.39, 0.29) is 13.0 Å². The van der Waals surface area contributed by atoms with Crippen LogP contribution in [0.5, 0.6) is 0 Å². The number of carbonyl (C=O) groups is 1. The van der Waals surface area contributed by atoms with Crippen molar-refractivity contribution in [1.82, 2.24) is 0 Å². The zero-order chi connectivity index (χ0) is 10.1. The minimum absolute atomic E-state index is 0.103. The van der Waals surface area contributed by atoms with Crippen molar-refractivity contribution >= 4 is 5.97 Å². The second kappa shape index (κ2) is 7.97. The molecule has 0 heterocycles. The maximum absolute atomic E-state index is 11.0. The highest BCUT2D eigenvalue weighted by Gasteiger charge is 2.13. The van der Waals surface area contributed by atoms with E-state index in [0.717, 1.165) is 0 Å². The lowest BCUT2D eigenvalue weighted by Crippen LogP contribution is -2.33. The first-order valence-corrected chi connectivity index (χ1v) is 4.24. The average Bonchev–Trinajstić information content (AvgIpc) is 2.12. The molecule has 1 unspecified atom stereocenters. The van der Waals surface area contributed by atoms with Crippen LogP contribution in [0.25, 0.3) is 0 Å². The first kappa shape index (κ1) is 12.3. The van der Waals surface area contributed by atoms with Crippen molar-refractivity contribution in [2.75, 3.05) is 26.9 Å². The number of ether oxygens (including phenoxy) is 2. The summed E-state index contributed by atoms with van der Waals surface area (Å²) >= 11 is 0. The summed E-state index contributed by atoms with van der Waals surface area (Å²) in [5, 5.41) is 8.49. The number of esters is 1. The maximum atomic E-state index is 11.0. The van der Waals surface area contributed by atoms with E-state index >= 15 is 0 Å². The molecule has 5 heteroatoms. The van der Waals surface area contributed by atoms with Crippen molar-refractivity contribution in [2.24, 2.45) is 5.73 Å². The molecule has 1 atom stereocenters. The summed E-state index contributed by atoms with van der Waals surface area (Å²) < 4.78 is 9.57. The third-order valence-electron chi connectivity index (χ3n) is 1.48. The lowest BCUT2D eigenvalue weighted by atomic mass is 10.2. The Morgan fingerprint density at radius 1 is 1.54 bits per heavy atom. The van der Waals surface area contributed by atoms with Crippen molar-refractivity contribution in [3.05, 3.63) is 0 Å². The molecule has 13 heavy (non-hydrogen) atoms. The number of rotatable bonds is 7. The van der Waals surface area contributed by atoms with Gasteiger partial charge in [0.15, 0.2) is 0 Å². The van der Waals surface area contributed by atoms with Gasteiger partial charge in [-0.2, -0.15) is 0 Å². The molecule has 78 valence electrons. The SMILES string of the molecule is COCCCOC(=O)C(N)CCO. The molecular weight excluding hydrogens is 174 g/mol. The predicted octanol–water partition coefficient (Wildman–Crippen LogP) is -0.724. The Balaban J connectivity index is 3.38. The van der Waals surface area contributed by atoms with Crippen LogP contribution in [0.3, 0.4) is 0 Å². The summed E-state index contributed by atoms with van der Waals surface area (Å²) in [4.78, 5) is 11.0. The van der Waals surface area contributed by atoms with E-state index in [1.54, 1.807) is 7.11 Å². The number of hydrogen-bond acceptors (Lipinski definition) is 5. The molecule has 0 aliphatic heterocycles. The van der Waals surface area contributed by atoms with Gasteiger partial charge in [-0.15, -0.1) is 0 Å². The molecule has 0 saturated carbocycles. The first-order valence-electron chi connectivity index (χ1n) is 4.24. The van der Waals surface area contributed by atoms with Crippen molar-refractivity contribution in [3.63, 3.8) is 0 Å². The lowest BCUT2D eigenvalue weighted by molar-refractivity contribution is -0.145. The second-order valence-electron chi connectivity index (χ2n) is 2.63. The Hall–Kier alpha value is -0.650. The zero-order valence-corrected chi connectivity index (χ0v) is 7.86. The van der Waals surface area contributed by atoms with Gasteiger partial charge in [0.25, 0.3) is 0 Å². The van der Waals surface area contributed by atoms with Crippen LogP contribution in [0, 0.1) is 0 Å². The van der Waals surface area contributed by atoms with Crippen molar-refractivity contribution in [1.29, 1.82) is 0 Å². The minimum atomic E-state index is -0.715. The van der Waals surface area contributed by atoms with Gasteiger partial charge in [0, 0.05) is 26.7 Å². The Morgan fingerprint density at radius 3 is 2.77 bits per heavy atom. The largest absolute Gasteiger partial charge is 0.464 e. The van der Waals surface area contributed by atoms with E-state index in [0.29, 0.717) is 19.6 Å². The third-order valence-corrected chi connectivity index (χ3v) is 1.48. The van der Waals surface area contributed by atoms with Crippen LogP contribution in [-0.4, -0.2) is 44.0 Å². The average molecular weight is 191 g/mol. The van der Waals surface area contributed by atoms with Crippen LogP contribution in [-0.2, 0) is 14.3 Å². The monoisotopic (exact) mass is 191 g/mol. The highest BCUT2D eigenvalue weighted by atomic mass is 16.5. The molecule has 0 bridgehead atoms. The predicted molar refractivity (Wildman–Crippen MR) is 47.1 cm³/mol. The molecule has 5 nitrogen and oxygen atoms in total. The number of aliphatic hydroxyl groups is 1. The van der Waals surface area contributed by atoms with Gasteiger partial charge in [-0.1, -0.05) is 0 Å². The molecule has 0 aromatic rings. The molecule has 0 aromatic heterocycles. The van der Waals surface area contributed by atoms with Crippen LogP contribution in [0.15, 0.2) is 0 Å². The summed E-state index contributed by atoms with van der Waals surface area (Å²) in [5.41, 5.74) is 5.38. The van der Waals surface area contributed by atoms with E-state index in [2.05, 4.69) is 0 Å². The summed E-state index contributed by atoms with van der Waals surface area (Å²) in [7, 11) is 1.58. The van der Waals surface area contributed by atoms with Crippen molar-refractivity contribution in [2.45, 2.75) is 18.9 Å². The topological polar surface area (TPSA) is 81.8 Å². The molecule has 0 radical (unpaired) electrons. The van der Waals surface area contributed by atoms with E-state index < -0.39 is 12.0 Å². The van der Waals surface area contributed by atoms with Crippen molar-refractivity contribution in [3.8, 4) is 0 Å². The number of methoxy groups -OCH3 is 1. The standard InChI is InChI=1S/C8H17NO4/c1-12-5-2-6-13-8(11)7(9)3-4-10/h7,10H,2-6,9H2,1H3. The number of aliphatic hydroxyl groups excluding tert-OH is 1. The van der Waals surface area contributed by atoms with E-state index in [1.807, 2.05) is 0 Å². The van der Waals surface area contributed by atoms with Crippen LogP contribution >= 0.6 is 0 Å². The normalized spacial score (nSPS) is 12.5. The Bertz CT molecular complexity index is 140. The number of nitrogens with two attached hydrogens (primary N) is 1. The Labute approximate surface area is 77.8 Å². The Kier molecular flexibility index (Phi) is 7.57. The fraction of sp³-hybridized carbons (Fsp3) is 0.875. The van der Waals surface area contributed by atoms with E-state index in [4.69, 9.17) is 20.3 Å². The van der Waals surface area contributed by atoms with Gasteiger partial charge < -0.3 is 20.3 Å². The summed E-state index contributed by atoms with van der Waals surface area (Å²) in [6.07, 6.45) is 0.900. The molecule has 0 spiro atoms. The van der Waals surface area contributed by atoms with Gasteiger partial charge in [-0.05, 0) is 6.42 Å². The van der Waals surface area contributed by atoms with Gasteiger partial charge in [0.1, 0.15) is 6.04 Å². The van der Waals surface area contributed by atoms with E-state index in [9.17, 15) is 4.79 Å². The fourth-order valence-corrected chi connectivity index (χ4v) is 0.740. The van der Waals surface area contributed by atoms with E-state index in [1.165, 1.54) is 0 Å². The van der Waals surface area contributed by atoms with Crippen LogP contribution in [0.4, 0.5) is 0 Å². The maximum Gasteiger partial charge on any atom is 0.322 e. The molecule has 0 aromatic carbocycles.